The average molecular weight is 282 g/mol. The minimum Gasteiger partial charge on any atom is -0.481 e. The molecule has 0 spiro atoms. The van der Waals surface area contributed by atoms with Gasteiger partial charge in [0.1, 0.15) is 5.82 Å². The Morgan fingerprint density at radius 2 is 1.95 bits per heavy atom. The van der Waals surface area contributed by atoms with E-state index < -0.39 is 11.9 Å². The Labute approximate surface area is 117 Å². The zero-order valence-electron chi connectivity index (χ0n) is 11.6. The molecule has 1 atom stereocenters. The van der Waals surface area contributed by atoms with Gasteiger partial charge in [-0.05, 0) is 24.7 Å². The van der Waals surface area contributed by atoms with Gasteiger partial charge in [0, 0.05) is 13.1 Å². The lowest BCUT2D eigenvalue weighted by molar-refractivity contribution is -0.142. The van der Waals surface area contributed by atoms with Crippen LogP contribution in [0.5, 0.6) is 0 Å². The number of halogens is 1. The van der Waals surface area contributed by atoms with Gasteiger partial charge < -0.3 is 10.4 Å². The van der Waals surface area contributed by atoms with Crippen LogP contribution in [0.15, 0.2) is 24.3 Å². The van der Waals surface area contributed by atoms with Gasteiger partial charge in [0.15, 0.2) is 0 Å². The lowest BCUT2D eigenvalue weighted by Crippen LogP contribution is -2.38. The lowest BCUT2D eigenvalue weighted by atomic mass is 10.2. The van der Waals surface area contributed by atoms with Crippen molar-refractivity contribution in [2.45, 2.75) is 13.5 Å². The highest BCUT2D eigenvalue weighted by Gasteiger charge is 2.15. The summed E-state index contributed by atoms with van der Waals surface area (Å²) in [5, 5.41) is 11.5. The van der Waals surface area contributed by atoms with Crippen molar-refractivity contribution in [2.24, 2.45) is 5.92 Å². The van der Waals surface area contributed by atoms with Crippen molar-refractivity contribution < 1.29 is 19.1 Å². The highest BCUT2D eigenvalue weighted by atomic mass is 19.1. The molecule has 0 saturated carbocycles. The number of carboxylic acid groups (broad SMARTS) is 1. The van der Waals surface area contributed by atoms with Crippen LogP contribution in [-0.4, -0.2) is 42.0 Å². The molecule has 0 aliphatic heterocycles. The molecule has 0 aromatic heterocycles. The van der Waals surface area contributed by atoms with E-state index in [0.717, 1.165) is 5.56 Å². The number of benzene rings is 1. The third-order valence-electron chi connectivity index (χ3n) is 2.82. The molecule has 0 radical (unpaired) electrons. The predicted octanol–water partition coefficient (Wildman–Crippen LogP) is 1.09. The SMILES string of the molecule is CC(CN(C)CC(=O)NCc1ccc(F)cc1)C(=O)O. The van der Waals surface area contributed by atoms with Crippen molar-refractivity contribution in [3.05, 3.63) is 35.6 Å². The Bertz CT molecular complexity index is 462. The highest BCUT2D eigenvalue weighted by Crippen LogP contribution is 2.02. The van der Waals surface area contributed by atoms with E-state index in [-0.39, 0.29) is 18.3 Å². The van der Waals surface area contributed by atoms with Crippen LogP contribution in [0.25, 0.3) is 0 Å². The average Bonchev–Trinajstić information content (AvgIpc) is 2.37. The van der Waals surface area contributed by atoms with E-state index in [1.54, 1.807) is 31.0 Å². The molecule has 110 valence electrons. The first-order valence-corrected chi connectivity index (χ1v) is 6.31. The molecule has 0 heterocycles. The van der Waals surface area contributed by atoms with Crippen LogP contribution in [0, 0.1) is 11.7 Å². The normalized spacial score (nSPS) is 12.2. The maximum absolute atomic E-state index is 12.7. The maximum atomic E-state index is 12.7. The number of carboxylic acids is 1. The topological polar surface area (TPSA) is 69.6 Å². The molecule has 0 aliphatic rings. The van der Waals surface area contributed by atoms with Gasteiger partial charge in [-0.2, -0.15) is 0 Å². The molecule has 1 aromatic carbocycles. The van der Waals surface area contributed by atoms with Gasteiger partial charge in [-0.15, -0.1) is 0 Å². The van der Waals surface area contributed by atoms with Crippen LogP contribution >= 0.6 is 0 Å². The smallest absolute Gasteiger partial charge is 0.307 e. The largest absolute Gasteiger partial charge is 0.481 e. The third-order valence-corrected chi connectivity index (χ3v) is 2.82. The summed E-state index contributed by atoms with van der Waals surface area (Å²) < 4.78 is 12.7. The maximum Gasteiger partial charge on any atom is 0.307 e. The molecular weight excluding hydrogens is 263 g/mol. The first-order chi connectivity index (χ1) is 9.38. The summed E-state index contributed by atoms with van der Waals surface area (Å²) in [6.07, 6.45) is 0. The molecule has 2 N–H and O–H groups in total. The van der Waals surface area contributed by atoms with E-state index in [2.05, 4.69) is 5.32 Å². The van der Waals surface area contributed by atoms with Gasteiger partial charge in [0.05, 0.1) is 12.5 Å². The molecule has 1 rings (SSSR count). The number of rotatable bonds is 7. The number of nitrogens with zero attached hydrogens (tertiary/aromatic N) is 1. The number of nitrogens with one attached hydrogen (secondary N) is 1. The molecule has 0 aliphatic carbocycles. The summed E-state index contributed by atoms with van der Waals surface area (Å²) in [5.74, 6) is -1.93. The molecule has 20 heavy (non-hydrogen) atoms. The number of carbonyl (C=O) groups excluding carboxylic acids is 1. The molecule has 6 heteroatoms. The lowest BCUT2D eigenvalue weighted by Gasteiger charge is -2.18. The Morgan fingerprint density at radius 3 is 2.50 bits per heavy atom. The summed E-state index contributed by atoms with van der Waals surface area (Å²) in [6.45, 7) is 2.34. The molecule has 1 amide bonds. The molecular formula is C14H19FN2O3. The fraction of sp³-hybridized carbons (Fsp3) is 0.429. The van der Waals surface area contributed by atoms with E-state index in [9.17, 15) is 14.0 Å². The second-order valence-electron chi connectivity index (χ2n) is 4.84. The standard InChI is InChI=1S/C14H19FN2O3/c1-10(14(19)20)8-17(2)9-13(18)16-7-11-3-5-12(15)6-4-11/h3-6,10H,7-9H2,1-2H3,(H,16,18)(H,19,20). The van der Waals surface area contributed by atoms with Crippen LogP contribution in [0.4, 0.5) is 4.39 Å². The van der Waals surface area contributed by atoms with Crippen LogP contribution in [-0.2, 0) is 16.1 Å². The van der Waals surface area contributed by atoms with E-state index in [1.807, 2.05) is 0 Å². The van der Waals surface area contributed by atoms with Crippen LogP contribution in [0.2, 0.25) is 0 Å². The van der Waals surface area contributed by atoms with Crippen LogP contribution in [0.1, 0.15) is 12.5 Å². The monoisotopic (exact) mass is 282 g/mol. The van der Waals surface area contributed by atoms with Gasteiger partial charge in [-0.3, -0.25) is 14.5 Å². The predicted molar refractivity (Wildman–Crippen MR) is 72.5 cm³/mol. The van der Waals surface area contributed by atoms with Crippen molar-refractivity contribution in [2.75, 3.05) is 20.1 Å². The zero-order chi connectivity index (χ0) is 15.1. The number of amides is 1. The fourth-order valence-electron chi connectivity index (χ4n) is 1.71. The Hall–Kier alpha value is -1.95. The van der Waals surface area contributed by atoms with E-state index in [4.69, 9.17) is 5.11 Å². The molecule has 5 nitrogen and oxygen atoms in total. The Balaban J connectivity index is 2.32. The first kappa shape index (κ1) is 16.1. The summed E-state index contributed by atoms with van der Waals surface area (Å²) in [4.78, 5) is 24.0. The van der Waals surface area contributed by atoms with Gasteiger partial charge in [0.2, 0.25) is 5.91 Å². The van der Waals surface area contributed by atoms with E-state index in [1.165, 1.54) is 12.1 Å². The number of likely N-dealkylation sites (N-methyl/N-ethyl adjacent to an activating group) is 1. The Morgan fingerprint density at radius 1 is 1.35 bits per heavy atom. The first-order valence-electron chi connectivity index (χ1n) is 6.31. The summed E-state index contributed by atoms with van der Waals surface area (Å²) >= 11 is 0. The van der Waals surface area contributed by atoms with E-state index >= 15 is 0 Å². The number of hydrogen-bond donors (Lipinski definition) is 2. The summed E-state index contributed by atoms with van der Waals surface area (Å²) in [5.41, 5.74) is 0.807. The molecule has 1 aromatic rings. The Kier molecular flexibility index (Phi) is 6.11. The van der Waals surface area contributed by atoms with Crippen molar-refractivity contribution in [1.29, 1.82) is 0 Å². The van der Waals surface area contributed by atoms with Crippen LogP contribution in [0.3, 0.4) is 0 Å². The highest BCUT2D eigenvalue weighted by molar-refractivity contribution is 5.78. The van der Waals surface area contributed by atoms with Gasteiger partial charge in [0.25, 0.3) is 0 Å². The van der Waals surface area contributed by atoms with Crippen molar-refractivity contribution in [1.82, 2.24) is 10.2 Å². The van der Waals surface area contributed by atoms with Crippen molar-refractivity contribution in [3.8, 4) is 0 Å². The van der Waals surface area contributed by atoms with Gasteiger partial charge in [-0.25, -0.2) is 4.39 Å². The van der Waals surface area contributed by atoms with Gasteiger partial charge >= 0.3 is 5.97 Å². The summed E-state index contributed by atoms with van der Waals surface area (Å²) in [7, 11) is 1.69. The van der Waals surface area contributed by atoms with Crippen molar-refractivity contribution >= 4 is 11.9 Å². The quantitative estimate of drug-likeness (QED) is 0.785. The number of carbonyl (C=O) groups is 2. The minimum atomic E-state index is -0.886. The van der Waals surface area contributed by atoms with Gasteiger partial charge in [-0.1, -0.05) is 19.1 Å². The number of aliphatic carboxylic acids is 1. The second-order valence-corrected chi connectivity index (χ2v) is 4.84. The number of hydrogen-bond acceptors (Lipinski definition) is 3. The second kappa shape index (κ2) is 7.59. The van der Waals surface area contributed by atoms with Crippen LogP contribution < -0.4 is 5.32 Å². The van der Waals surface area contributed by atoms with E-state index in [0.29, 0.717) is 13.1 Å². The third kappa shape index (κ3) is 5.79. The molecule has 0 fully saturated rings. The zero-order valence-corrected chi connectivity index (χ0v) is 11.6. The summed E-state index contributed by atoms with van der Waals surface area (Å²) in [6, 6.07) is 5.88. The fourth-order valence-corrected chi connectivity index (χ4v) is 1.71. The van der Waals surface area contributed by atoms with Crippen molar-refractivity contribution in [3.63, 3.8) is 0 Å². The molecule has 0 bridgehead atoms. The molecule has 0 saturated heterocycles. The molecule has 1 unspecified atom stereocenters. The minimum absolute atomic E-state index is 0.124.